The van der Waals surface area contributed by atoms with Crippen LogP contribution in [0.3, 0.4) is 0 Å². The van der Waals surface area contributed by atoms with Crippen LogP contribution < -0.4 is 0 Å². The highest BCUT2D eigenvalue weighted by Gasteiger charge is 2.28. The second-order valence-corrected chi connectivity index (χ2v) is 8.87. The van der Waals surface area contributed by atoms with Crippen molar-refractivity contribution >= 4 is 33.4 Å². The maximum absolute atomic E-state index is 12.9. The number of halogens is 1. The van der Waals surface area contributed by atoms with E-state index in [-0.39, 0.29) is 33.2 Å². The third-order valence-corrected chi connectivity index (χ3v) is 6.98. The lowest BCUT2D eigenvalue weighted by Crippen LogP contribution is -2.35. The molecule has 0 atom stereocenters. The van der Waals surface area contributed by atoms with E-state index < -0.39 is 16.0 Å². The number of ketones is 1. The van der Waals surface area contributed by atoms with Crippen LogP contribution in [0.1, 0.15) is 45.7 Å². The molecule has 2 aromatic rings. The lowest BCUT2D eigenvalue weighted by molar-refractivity contribution is 0.0696. The number of carbonyl (C=O) groups is 2. The van der Waals surface area contributed by atoms with Gasteiger partial charge in [0.1, 0.15) is 4.90 Å². The summed E-state index contributed by atoms with van der Waals surface area (Å²) in [5.74, 6) is -1.43. The summed E-state index contributed by atoms with van der Waals surface area (Å²) in [4.78, 5) is 27.4. The van der Waals surface area contributed by atoms with Crippen LogP contribution >= 0.6 is 11.6 Å². The minimum absolute atomic E-state index is 0.0256. The van der Waals surface area contributed by atoms with Crippen LogP contribution in [0.2, 0.25) is 5.02 Å². The molecule has 2 heterocycles. The number of aromatic carboxylic acids is 1. The maximum atomic E-state index is 12.9. The molecule has 28 heavy (non-hydrogen) atoms. The Kier molecular flexibility index (Phi) is 6.12. The first-order valence-corrected chi connectivity index (χ1v) is 10.6. The zero-order valence-corrected chi connectivity index (χ0v) is 16.5. The number of hydrogen-bond acceptors (Lipinski definition) is 5. The average Bonchev–Trinajstić information content (AvgIpc) is 2.69. The summed E-state index contributed by atoms with van der Waals surface area (Å²) in [7, 11) is -3.77. The van der Waals surface area contributed by atoms with Crippen molar-refractivity contribution in [2.45, 2.75) is 30.6 Å². The molecular formula is C19H19ClN2O5S. The topological polar surface area (TPSA) is 105 Å². The number of carboxylic acid groups (broad SMARTS) is 1. The van der Waals surface area contributed by atoms with E-state index in [2.05, 4.69) is 4.98 Å². The summed E-state index contributed by atoms with van der Waals surface area (Å²) in [5.41, 5.74) is 0.632. The molecule has 3 rings (SSSR count). The molecule has 1 aliphatic heterocycles. The van der Waals surface area contributed by atoms with E-state index in [0.717, 1.165) is 19.3 Å². The van der Waals surface area contributed by atoms with Crippen molar-refractivity contribution in [3.05, 3.63) is 58.4 Å². The van der Waals surface area contributed by atoms with Crippen molar-refractivity contribution in [3.63, 3.8) is 0 Å². The molecule has 7 nitrogen and oxygen atoms in total. The molecule has 1 aromatic heterocycles. The summed E-state index contributed by atoms with van der Waals surface area (Å²) in [6, 6.07) is 7.02. The van der Waals surface area contributed by atoms with Crippen molar-refractivity contribution in [1.29, 1.82) is 0 Å². The summed E-state index contributed by atoms with van der Waals surface area (Å²) in [6.07, 6.45) is 3.69. The van der Waals surface area contributed by atoms with Gasteiger partial charge in [0, 0.05) is 30.5 Å². The van der Waals surface area contributed by atoms with Crippen molar-refractivity contribution in [1.82, 2.24) is 9.29 Å². The standard InChI is InChI=1S/C19H19ClN2O5S/c20-16-7-5-13(10-18(16)28(26,27)22-8-2-1-3-9-22)17(23)11-15-6-4-14(12-21-15)19(24)25/h4-7,10,12H,1-3,8-9,11H2,(H,24,25). The molecule has 0 radical (unpaired) electrons. The van der Waals surface area contributed by atoms with Crippen LogP contribution in [0.25, 0.3) is 0 Å². The fraction of sp³-hybridized carbons (Fsp3) is 0.316. The highest BCUT2D eigenvalue weighted by Crippen LogP contribution is 2.28. The van der Waals surface area contributed by atoms with Crippen LogP contribution in [0.15, 0.2) is 41.4 Å². The Bertz CT molecular complexity index is 999. The number of nitrogens with zero attached hydrogens (tertiary/aromatic N) is 2. The number of sulfonamides is 1. The molecule has 0 saturated carbocycles. The third-order valence-electron chi connectivity index (χ3n) is 4.60. The summed E-state index contributed by atoms with van der Waals surface area (Å²) in [6.45, 7) is 0.882. The number of rotatable bonds is 6. The van der Waals surface area contributed by atoms with Gasteiger partial charge in [-0.15, -0.1) is 0 Å². The van der Waals surface area contributed by atoms with Crippen LogP contribution in [0, 0.1) is 0 Å². The van der Waals surface area contributed by atoms with Gasteiger partial charge in [-0.25, -0.2) is 13.2 Å². The van der Waals surface area contributed by atoms with Crippen molar-refractivity contribution in [2.24, 2.45) is 0 Å². The van der Waals surface area contributed by atoms with Crippen molar-refractivity contribution < 1.29 is 23.1 Å². The van der Waals surface area contributed by atoms with Gasteiger partial charge in [0.25, 0.3) is 0 Å². The van der Waals surface area contributed by atoms with Gasteiger partial charge in [-0.3, -0.25) is 9.78 Å². The van der Waals surface area contributed by atoms with Crippen LogP contribution in [-0.4, -0.2) is 47.7 Å². The first-order chi connectivity index (χ1) is 13.3. The summed E-state index contributed by atoms with van der Waals surface area (Å²) < 4.78 is 27.2. The Balaban J connectivity index is 1.83. The second-order valence-electron chi connectivity index (χ2n) is 6.55. The molecule has 0 unspecified atom stereocenters. The predicted molar refractivity (Wildman–Crippen MR) is 103 cm³/mol. The number of carbonyl (C=O) groups excluding carboxylic acids is 1. The highest BCUT2D eigenvalue weighted by molar-refractivity contribution is 7.89. The number of carboxylic acids is 1. The van der Waals surface area contributed by atoms with E-state index in [1.807, 2.05) is 0 Å². The monoisotopic (exact) mass is 422 g/mol. The molecule has 0 amide bonds. The fourth-order valence-corrected chi connectivity index (χ4v) is 5.06. The van der Waals surface area contributed by atoms with Gasteiger partial charge in [-0.1, -0.05) is 18.0 Å². The number of aromatic nitrogens is 1. The van der Waals surface area contributed by atoms with Gasteiger partial charge in [-0.2, -0.15) is 4.31 Å². The fourth-order valence-electron chi connectivity index (χ4n) is 3.04. The van der Waals surface area contributed by atoms with Crippen molar-refractivity contribution in [2.75, 3.05) is 13.1 Å². The molecule has 0 spiro atoms. The minimum Gasteiger partial charge on any atom is -0.478 e. The van der Waals surface area contributed by atoms with Gasteiger partial charge in [-0.05, 0) is 43.2 Å². The van der Waals surface area contributed by atoms with Crippen LogP contribution in [0.5, 0.6) is 0 Å². The normalized spacial score (nSPS) is 15.3. The number of Topliss-reactive ketones (excluding diaryl/α,β-unsaturated/α-hetero) is 1. The van der Waals surface area contributed by atoms with Gasteiger partial charge >= 0.3 is 5.97 Å². The van der Waals surface area contributed by atoms with Gasteiger partial charge in [0.2, 0.25) is 10.0 Å². The number of pyridine rings is 1. The molecule has 9 heteroatoms. The van der Waals surface area contributed by atoms with E-state index in [9.17, 15) is 18.0 Å². The quantitative estimate of drug-likeness (QED) is 0.717. The Morgan fingerprint density at radius 3 is 2.36 bits per heavy atom. The minimum atomic E-state index is -3.77. The Morgan fingerprint density at radius 2 is 1.75 bits per heavy atom. The Morgan fingerprint density at radius 1 is 1.07 bits per heavy atom. The lowest BCUT2D eigenvalue weighted by Gasteiger charge is -2.26. The maximum Gasteiger partial charge on any atom is 0.337 e. The molecule has 1 fully saturated rings. The van der Waals surface area contributed by atoms with E-state index in [0.29, 0.717) is 18.8 Å². The molecule has 148 valence electrons. The SMILES string of the molecule is O=C(O)c1ccc(CC(=O)c2ccc(Cl)c(S(=O)(=O)N3CCCCC3)c2)nc1. The predicted octanol–water partition coefficient (Wildman–Crippen LogP) is 3.03. The summed E-state index contributed by atoms with van der Waals surface area (Å²) in [5, 5.41) is 8.97. The molecule has 0 bridgehead atoms. The smallest absolute Gasteiger partial charge is 0.337 e. The molecule has 1 aliphatic rings. The first-order valence-electron chi connectivity index (χ1n) is 8.80. The molecule has 1 N–H and O–H groups in total. The Labute approximate surface area is 168 Å². The second kappa shape index (κ2) is 8.38. The average molecular weight is 423 g/mol. The van der Waals surface area contributed by atoms with E-state index >= 15 is 0 Å². The third kappa shape index (κ3) is 4.40. The highest BCUT2D eigenvalue weighted by atomic mass is 35.5. The zero-order chi connectivity index (χ0) is 20.3. The molecule has 1 saturated heterocycles. The lowest BCUT2D eigenvalue weighted by atomic mass is 10.1. The van der Waals surface area contributed by atoms with E-state index in [1.54, 1.807) is 0 Å². The number of benzene rings is 1. The van der Waals surface area contributed by atoms with Gasteiger partial charge in [0.05, 0.1) is 17.0 Å². The van der Waals surface area contributed by atoms with Crippen molar-refractivity contribution in [3.8, 4) is 0 Å². The van der Waals surface area contributed by atoms with Gasteiger partial charge < -0.3 is 5.11 Å². The van der Waals surface area contributed by atoms with Crippen LogP contribution in [-0.2, 0) is 16.4 Å². The van der Waals surface area contributed by atoms with E-state index in [1.165, 1.54) is 40.8 Å². The largest absolute Gasteiger partial charge is 0.478 e. The van der Waals surface area contributed by atoms with Crippen LogP contribution in [0.4, 0.5) is 0 Å². The molecule has 0 aliphatic carbocycles. The Hall–Kier alpha value is -2.29. The van der Waals surface area contributed by atoms with E-state index in [4.69, 9.17) is 16.7 Å². The zero-order valence-electron chi connectivity index (χ0n) is 15.0. The molecule has 1 aromatic carbocycles. The summed E-state index contributed by atoms with van der Waals surface area (Å²) >= 11 is 6.13. The van der Waals surface area contributed by atoms with Gasteiger partial charge in [0.15, 0.2) is 5.78 Å². The number of hydrogen-bond donors (Lipinski definition) is 1. The first kappa shape index (κ1) is 20.4. The molecular weight excluding hydrogens is 404 g/mol. The number of piperidine rings is 1.